The summed E-state index contributed by atoms with van der Waals surface area (Å²) in [7, 11) is 0. The van der Waals surface area contributed by atoms with E-state index in [9.17, 15) is 15.2 Å². The summed E-state index contributed by atoms with van der Waals surface area (Å²) >= 11 is 0. The molecule has 0 aliphatic carbocycles. The molecule has 1 aromatic rings. The van der Waals surface area contributed by atoms with Crippen LogP contribution in [-0.4, -0.2) is 46.8 Å². The monoisotopic (exact) mass is 317 g/mol. The lowest BCUT2D eigenvalue weighted by atomic mass is 9.83. The number of rotatable bonds is 4. The van der Waals surface area contributed by atoms with Gasteiger partial charge in [-0.3, -0.25) is 15.1 Å². The van der Waals surface area contributed by atoms with E-state index in [4.69, 9.17) is 0 Å². The Morgan fingerprint density at radius 3 is 2.96 bits per heavy atom. The van der Waals surface area contributed by atoms with Crippen molar-refractivity contribution in [3.05, 3.63) is 33.9 Å². The van der Waals surface area contributed by atoms with E-state index in [1.54, 1.807) is 6.21 Å². The molecule has 0 radical (unpaired) electrons. The smallest absolute Gasteiger partial charge is 0.270 e. The number of aliphatic imine (C=N–C) groups is 1. The molecule has 0 spiro atoms. The fourth-order valence-corrected chi connectivity index (χ4v) is 3.84. The lowest BCUT2D eigenvalue weighted by Gasteiger charge is -2.43. The first-order valence-electron chi connectivity index (χ1n) is 8.36. The highest BCUT2D eigenvalue weighted by Gasteiger charge is 2.32. The topological polar surface area (TPSA) is 79.0 Å². The Kier molecular flexibility index (Phi) is 4.91. The highest BCUT2D eigenvalue weighted by atomic mass is 16.6. The molecule has 2 atom stereocenters. The molecule has 2 aliphatic rings. The van der Waals surface area contributed by atoms with E-state index < -0.39 is 4.92 Å². The van der Waals surface area contributed by atoms with Gasteiger partial charge < -0.3 is 10.0 Å². The number of piperidine rings is 2. The zero-order chi connectivity index (χ0) is 16.2. The van der Waals surface area contributed by atoms with Gasteiger partial charge >= 0.3 is 0 Å². The highest BCUT2D eigenvalue weighted by molar-refractivity contribution is 5.84. The van der Waals surface area contributed by atoms with Gasteiger partial charge in [-0.15, -0.1) is 0 Å². The van der Waals surface area contributed by atoms with Gasteiger partial charge in [0.05, 0.1) is 4.92 Å². The van der Waals surface area contributed by atoms with Crippen LogP contribution in [0.5, 0.6) is 5.75 Å². The van der Waals surface area contributed by atoms with Crippen molar-refractivity contribution >= 4 is 11.9 Å². The van der Waals surface area contributed by atoms with Gasteiger partial charge in [-0.25, -0.2) is 0 Å². The third-order valence-corrected chi connectivity index (χ3v) is 5.02. The Morgan fingerprint density at radius 2 is 2.13 bits per heavy atom. The van der Waals surface area contributed by atoms with Crippen molar-refractivity contribution < 1.29 is 10.0 Å². The first kappa shape index (κ1) is 15.9. The average Bonchev–Trinajstić information content (AvgIpc) is 2.56. The van der Waals surface area contributed by atoms with Crippen molar-refractivity contribution in [3.8, 4) is 5.75 Å². The molecule has 1 N–H and O–H groups in total. The first-order chi connectivity index (χ1) is 11.1. The molecule has 23 heavy (non-hydrogen) atoms. The van der Waals surface area contributed by atoms with E-state index in [0.29, 0.717) is 17.5 Å². The second kappa shape index (κ2) is 7.08. The number of hydrogen-bond donors (Lipinski definition) is 1. The van der Waals surface area contributed by atoms with Crippen molar-refractivity contribution in [3.63, 3.8) is 0 Å². The molecule has 0 bridgehead atoms. The average molecular weight is 317 g/mol. The number of phenolic OH excluding ortho intramolecular Hbond substituents is 1. The molecule has 2 heterocycles. The zero-order valence-electron chi connectivity index (χ0n) is 13.2. The van der Waals surface area contributed by atoms with E-state index >= 15 is 0 Å². The largest absolute Gasteiger partial charge is 0.507 e. The van der Waals surface area contributed by atoms with Crippen LogP contribution in [0.4, 0.5) is 5.69 Å². The van der Waals surface area contributed by atoms with Crippen LogP contribution in [0.15, 0.2) is 23.2 Å². The van der Waals surface area contributed by atoms with E-state index in [0.717, 1.165) is 6.54 Å². The number of fused-ring (bicyclic) bond motifs is 1. The molecular formula is C17H23N3O3. The Bertz CT molecular complexity index is 601. The van der Waals surface area contributed by atoms with Crippen LogP contribution in [0.2, 0.25) is 0 Å². The summed E-state index contributed by atoms with van der Waals surface area (Å²) in [6, 6.07) is 4.65. The van der Waals surface area contributed by atoms with Crippen LogP contribution in [0.1, 0.15) is 37.7 Å². The quantitative estimate of drug-likeness (QED) is 0.526. The number of non-ortho nitro benzene ring substituents is 1. The van der Waals surface area contributed by atoms with Crippen molar-refractivity contribution in [1.82, 2.24) is 4.90 Å². The Labute approximate surface area is 136 Å². The Hall–Kier alpha value is -1.95. The van der Waals surface area contributed by atoms with Crippen LogP contribution in [-0.2, 0) is 0 Å². The molecule has 2 fully saturated rings. The van der Waals surface area contributed by atoms with Gasteiger partial charge in [0.1, 0.15) is 5.75 Å². The van der Waals surface area contributed by atoms with Crippen LogP contribution < -0.4 is 0 Å². The number of nitro benzene ring substituents is 1. The molecule has 1 aromatic carbocycles. The normalized spacial score (nSPS) is 25.4. The van der Waals surface area contributed by atoms with Crippen molar-refractivity contribution in [2.24, 2.45) is 10.9 Å². The van der Waals surface area contributed by atoms with Crippen LogP contribution >= 0.6 is 0 Å². The minimum absolute atomic E-state index is 0.0274. The predicted octanol–water partition coefficient (Wildman–Crippen LogP) is 2.98. The summed E-state index contributed by atoms with van der Waals surface area (Å²) in [6.45, 7) is 3.14. The molecule has 0 unspecified atom stereocenters. The molecule has 0 amide bonds. The van der Waals surface area contributed by atoms with Gasteiger partial charge in [0.15, 0.2) is 0 Å². The number of benzene rings is 1. The molecular weight excluding hydrogens is 294 g/mol. The fraction of sp³-hybridized carbons (Fsp3) is 0.588. The maximum absolute atomic E-state index is 10.8. The maximum Gasteiger partial charge on any atom is 0.270 e. The SMILES string of the molecule is O=[N+]([O-])c1ccc(O)c(C=NC[C@@H]2CCCN3CCCC[C@@H]23)c1. The minimum Gasteiger partial charge on any atom is -0.507 e. The van der Waals surface area contributed by atoms with E-state index in [1.807, 2.05) is 0 Å². The summed E-state index contributed by atoms with van der Waals surface area (Å²) in [6.07, 6.45) is 7.84. The standard InChI is InChI=1S/C17H23N3O3/c21-17-7-6-15(20(22)23)10-14(17)12-18-11-13-4-3-9-19-8-2-1-5-16(13)19/h6-7,10,12-13,16,21H,1-5,8-9,11H2/t13-,16-/m0/s1. The molecule has 124 valence electrons. The van der Waals surface area contributed by atoms with Gasteiger partial charge in [0.25, 0.3) is 5.69 Å². The van der Waals surface area contributed by atoms with Gasteiger partial charge in [0.2, 0.25) is 0 Å². The zero-order valence-corrected chi connectivity index (χ0v) is 13.2. The summed E-state index contributed by atoms with van der Waals surface area (Å²) in [4.78, 5) is 17.4. The third-order valence-electron chi connectivity index (χ3n) is 5.02. The van der Waals surface area contributed by atoms with Gasteiger partial charge in [-0.05, 0) is 50.8 Å². The van der Waals surface area contributed by atoms with E-state index in [1.165, 1.54) is 63.4 Å². The Morgan fingerprint density at radius 1 is 1.30 bits per heavy atom. The molecule has 6 nitrogen and oxygen atoms in total. The number of aromatic hydroxyl groups is 1. The lowest BCUT2D eigenvalue weighted by molar-refractivity contribution is -0.384. The second-order valence-electron chi connectivity index (χ2n) is 6.50. The summed E-state index contributed by atoms with van der Waals surface area (Å²) < 4.78 is 0. The van der Waals surface area contributed by atoms with E-state index in [-0.39, 0.29) is 11.4 Å². The van der Waals surface area contributed by atoms with Crippen LogP contribution in [0.3, 0.4) is 0 Å². The maximum atomic E-state index is 10.8. The van der Waals surface area contributed by atoms with Crippen molar-refractivity contribution in [2.45, 2.75) is 38.1 Å². The molecule has 3 rings (SSSR count). The van der Waals surface area contributed by atoms with E-state index in [2.05, 4.69) is 9.89 Å². The Balaban J connectivity index is 1.66. The first-order valence-corrected chi connectivity index (χ1v) is 8.36. The van der Waals surface area contributed by atoms with Gasteiger partial charge in [-0.1, -0.05) is 6.42 Å². The summed E-state index contributed by atoms with van der Waals surface area (Å²) in [5.74, 6) is 0.587. The summed E-state index contributed by atoms with van der Waals surface area (Å²) in [5.41, 5.74) is 0.385. The lowest BCUT2D eigenvalue weighted by Crippen LogP contribution is -2.48. The number of nitro groups is 1. The van der Waals surface area contributed by atoms with Gasteiger partial charge in [-0.2, -0.15) is 0 Å². The van der Waals surface area contributed by atoms with Crippen molar-refractivity contribution in [2.75, 3.05) is 19.6 Å². The molecule has 6 heteroatoms. The second-order valence-corrected chi connectivity index (χ2v) is 6.50. The molecule has 2 saturated heterocycles. The molecule has 2 aliphatic heterocycles. The number of phenols is 1. The predicted molar refractivity (Wildman–Crippen MR) is 89.2 cm³/mol. The number of hydrogen-bond acceptors (Lipinski definition) is 5. The van der Waals surface area contributed by atoms with Crippen molar-refractivity contribution in [1.29, 1.82) is 0 Å². The highest BCUT2D eigenvalue weighted by Crippen LogP contribution is 2.31. The molecule has 0 aromatic heterocycles. The fourth-order valence-electron chi connectivity index (χ4n) is 3.84. The molecule has 0 saturated carbocycles. The van der Waals surface area contributed by atoms with Crippen LogP contribution in [0, 0.1) is 16.0 Å². The minimum atomic E-state index is -0.460. The third kappa shape index (κ3) is 3.69. The summed E-state index contributed by atoms with van der Waals surface area (Å²) in [5, 5.41) is 20.6. The number of nitrogens with zero attached hydrogens (tertiary/aromatic N) is 3. The van der Waals surface area contributed by atoms with Crippen LogP contribution in [0.25, 0.3) is 0 Å². The van der Waals surface area contributed by atoms with Gasteiger partial charge in [0, 0.05) is 36.5 Å².